The molecule has 0 radical (unpaired) electrons. The summed E-state index contributed by atoms with van der Waals surface area (Å²) in [5.41, 5.74) is 1.33. The van der Waals surface area contributed by atoms with Gasteiger partial charge in [-0.05, 0) is 63.3 Å². The maximum absolute atomic E-state index is 12.3. The number of hydrogen-bond donors (Lipinski definition) is 2. The van der Waals surface area contributed by atoms with Gasteiger partial charge in [0, 0.05) is 13.6 Å². The molecule has 0 fully saturated rings. The molecule has 1 aliphatic carbocycles. The molecule has 25 heavy (non-hydrogen) atoms. The number of carbonyl (C=O) groups excluding carboxylic acids is 1. The van der Waals surface area contributed by atoms with Crippen molar-refractivity contribution in [1.29, 1.82) is 0 Å². The van der Waals surface area contributed by atoms with Crippen molar-refractivity contribution in [3.8, 4) is 5.75 Å². The summed E-state index contributed by atoms with van der Waals surface area (Å²) < 4.78 is 32.7. The Bertz CT molecular complexity index is 711. The fourth-order valence-corrected chi connectivity index (χ4v) is 3.75. The van der Waals surface area contributed by atoms with Crippen molar-refractivity contribution in [2.75, 3.05) is 13.6 Å². The SMILES string of the molecule is CNC(=O)[C@@H](C)Oc1ccc(S(=O)(=O)NCCC2=CCCCC2)cc1. The molecule has 6 nitrogen and oxygen atoms in total. The highest BCUT2D eigenvalue weighted by molar-refractivity contribution is 7.89. The highest BCUT2D eigenvalue weighted by Gasteiger charge is 2.16. The van der Waals surface area contributed by atoms with E-state index in [0.29, 0.717) is 12.3 Å². The smallest absolute Gasteiger partial charge is 0.260 e. The van der Waals surface area contributed by atoms with E-state index in [-0.39, 0.29) is 10.8 Å². The first-order valence-corrected chi connectivity index (χ1v) is 10.1. The number of sulfonamides is 1. The zero-order chi connectivity index (χ0) is 18.3. The summed E-state index contributed by atoms with van der Waals surface area (Å²) in [5.74, 6) is 0.206. The summed E-state index contributed by atoms with van der Waals surface area (Å²) in [7, 11) is -2.00. The van der Waals surface area contributed by atoms with Crippen LogP contribution in [0.15, 0.2) is 40.8 Å². The molecule has 1 aromatic rings. The average molecular weight is 366 g/mol. The van der Waals surface area contributed by atoms with E-state index in [1.54, 1.807) is 19.1 Å². The molecule has 1 atom stereocenters. The quantitative estimate of drug-likeness (QED) is 0.692. The summed E-state index contributed by atoms with van der Waals surface area (Å²) in [4.78, 5) is 11.6. The average Bonchev–Trinajstić information content (AvgIpc) is 2.62. The molecule has 0 unspecified atom stereocenters. The van der Waals surface area contributed by atoms with Gasteiger partial charge in [0.05, 0.1) is 4.90 Å². The third kappa shape index (κ3) is 5.86. The summed E-state index contributed by atoms with van der Waals surface area (Å²) in [5, 5.41) is 2.50. The van der Waals surface area contributed by atoms with Gasteiger partial charge in [0.25, 0.3) is 5.91 Å². The fraction of sp³-hybridized carbons (Fsp3) is 0.500. The summed E-state index contributed by atoms with van der Waals surface area (Å²) >= 11 is 0. The first-order chi connectivity index (χ1) is 11.9. The van der Waals surface area contributed by atoms with Crippen LogP contribution in [0.2, 0.25) is 0 Å². The van der Waals surface area contributed by atoms with Gasteiger partial charge in [-0.1, -0.05) is 11.6 Å². The van der Waals surface area contributed by atoms with E-state index in [4.69, 9.17) is 4.74 Å². The molecule has 1 amide bonds. The Labute approximate surface area is 149 Å². The van der Waals surface area contributed by atoms with Crippen LogP contribution in [0.25, 0.3) is 0 Å². The maximum Gasteiger partial charge on any atom is 0.260 e. The Balaban J connectivity index is 1.90. The van der Waals surface area contributed by atoms with E-state index < -0.39 is 16.1 Å². The second-order valence-electron chi connectivity index (χ2n) is 6.10. The van der Waals surface area contributed by atoms with Crippen LogP contribution in [-0.2, 0) is 14.8 Å². The molecule has 0 aliphatic heterocycles. The lowest BCUT2D eigenvalue weighted by molar-refractivity contribution is -0.126. The Morgan fingerprint density at radius 2 is 1.96 bits per heavy atom. The number of allylic oxidation sites excluding steroid dienone is 1. The number of likely N-dealkylation sites (N-methyl/N-ethyl adjacent to an activating group) is 1. The van der Waals surface area contributed by atoms with Gasteiger partial charge in [-0.2, -0.15) is 0 Å². The van der Waals surface area contributed by atoms with E-state index in [1.807, 2.05) is 0 Å². The van der Waals surface area contributed by atoms with Gasteiger partial charge in [-0.25, -0.2) is 13.1 Å². The van der Waals surface area contributed by atoms with E-state index >= 15 is 0 Å². The number of amides is 1. The lowest BCUT2D eigenvalue weighted by atomic mass is 9.97. The van der Waals surface area contributed by atoms with E-state index in [0.717, 1.165) is 19.3 Å². The monoisotopic (exact) mass is 366 g/mol. The van der Waals surface area contributed by atoms with Crippen molar-refractivity contribution in [1.82, 2.24) is 10.0 Å². The van der Waals surface area contributed by atoms with Gasteiger partial charge in [-0.3, -0.25) is 4.79 Å². The molecule has 2 rings (SSSR count). The van der Waals surface area contributed by atoms with Crippen molar-refractivity contribution < 1.29 is 17.9 Å². The van der Waals surface area contributed by atoms with Crippen LogP contribution >= 0.6 is 0 Å². The van der Waals surface area contributed by atoms with Gasteiger partial charge in [0.2, 0.25) is 10.0 Å². The highest BCUT2D eigenvalue weighted by Crippen LogP contribution is 2.20. The topological polar surface area (TPSA) is 84.5 Å². The standard InChI is InChI=1S/C18H26N2O4S/c1-14(18(21)19-2)24-16-8-10-17(11-9-16)25(22,23)20-13-12-15-6-4-3-5-7-15/h6,8-11,14,20H,3-5,7,12-13H2,1-2H3,(H,19,21)/t14-/m1/s1. The number of rotatable bonds is 8. The zero-order valence-electron chi connectivity index (χ0n) is 14.7. The normalized spacial score (nSPS) is 16.0. The largest absolute Gasteiger partial charge is 0.481 e. The number of hydrogen-bond acceptors (Lipinski definition) is 4. The Morgan fingerprint density at radius 1 is 1.24 bits per heavy atom. The van der Waals surface area contributed by atoms with Gasteiger partial charge >= 0.3 is 0 Å². The molecule has 1 aromatic carbocycles. The second kappa shape index (κ2) is 9.01. The molecule has 0 spiro atoms. The molecule has 0 bridgehead atoms. The molecule has 0 saturated carbocycles. The van der Waals surface area contributed by atoms with Gasteiger partial charge < -0.3 is 10.1 Å². The predicted molar refractivity (Wildman–Crippen MR) is 97.0 cm³/mol. The first-order valence-electron chi connectivity index (χ1n) is 8.58. The number of nitrogens with one attached hydrogen (secondary N) is 2. The molecule has 0 aromatic heterocycles. The van der Waals surface area contributed by atoms with Gasteiger partial charge in [-0.15, -0.1) is 0 Å². The Hall–Kier alpha value is -1.86. The molecule has 138 valence electrons. The predicted octanol–water partition coefficient (Wildman–Crippen LogP) is 2.37. The lowest BCUT2D eigenvalue weighted by Gasteiger charge is -2.14. The van der Waals surface area contributed by atoms with E-state index in [9.17, 15) is 13.2 Å². The number of ether oxygens (including phenoxy) is 1. The van der Waals surface area contributed by atoms with Gasteiger partial charge in [0.15, 0.2) is 6.10 Å². The fourth-order valence-electron chi connectivity index (χ4n) is 2.72. The minimum absolute atomic E-state index is 0.185. The van der Waals surface area contributed by atoms with Crippen LogP contribution in [-0.4, -0.2) is 34.0 Å². The molecule has 0 heterocycles. The van der Waals surface area contributed by atoms with Gasteiger partial charge in [0.1, 0.15) is 5.75 Å². The van der Waals surface area contributed by atoms with Crippen LogP contribution < -0.4 is 14.8 Å². The first kappa shape index (κ1) is 19.5. The number of benzene rings is 1. The van der Waals surface area contributed by atoms with E-state index in [1.165, 1.54) is 37.6 Å². The molecule has 1 aliphatic rings. The lowest BCUT2D eigenvalue weighted by Crippen LogP contribution is -2.33. The van der Waals surface area contributed by atoms with Crippen molar-refractivity contribution in [3.63, 3.8) is 0 Å². The molecule has 2 N–H and O–H groups in total. The van der Waals surface area contributed by atoms with Crippen LogP contribution in [0.4, 0.5) is 0 Å². The third-order valence-corrected chi connectivity index (χ3v) is 5.66. The Kier molecular flexibility index (Phi) is 7.01. The second-order valence-corrected chi connectivity index (χ2v) is 7.87. The molecule has 7 heteroatoms. The summed E-state index contributed by atoms with van der Waals surface area (Å²) in [6.45, 7) is 2.03. The number of carbonyl (C=O) groups is 1. The molecule has 0 saturated heterocycles. The summed E-state index contributed by atoms with van der Waals surface area (Å²) in [6, 6.07) is 6.07. The molecular weight excluding hydrogens is 340 g/mol. The van der Waals surface area contributed by atoms with Crippen molar-refractivity contribution in [2.45, 2.75) is 50.0 Å². The van der Waals surface area contributed by atoms with Crippen molar-refractivity contribution in [2.24, 2.45) is 0 Å². The van der Waals surface area contributed by atoms with Crippen LogP contribution in [0.3, 0.4) is 0 Å². The van der Waals surface area contributed by atoms with Crippen molar-refractivity contribution in [3.05, 3.63) is 35.9 Å². The van der Waals surface area contributed by atoms with Crippen LogP contribution in [0, 0.1) is 0 Å². The summed E-state index contributed by atoms with van der Waals surface area (Å²) in [6.07, 6.45) is 6.91. The minimum Gasteiger partial charge on any atom is -0.481 e. The van der Waals surface area contributed by atoms with Crippen LogP contribution in [0.1, 0.15) is 39.0 Å². The zero-order valence-corrected chi connectivity index (χ0v) is 15.6. The van der Waals surface area contributed by atoms with Crippen LogP contribution in [0.5, 0.6) is 5.75 Å². The Morgan fingerprint density at radius 3 is 2.56 bits per heavy atom. The van der Waals surface area contributed by atoms with Crippen molar-refractivity contribution >= 4 is 15.9 Å². The maximum atomic E-state index is 12.3. The minimum atomic E-state index is -3.54. The third-order valence-electron chi connectivity index (χ3n) is 4.19. The van der Waals surface area contributed by atoms with E-state index in [2.05, 4.69) is 16.1 Å². The highest BCUT2D eigenvalue weighted by atomic mass is 32.2. The molecular formula is C18H26N2O4S.